The number of nitrogens with zero attached hydrogens (tertiary/aromatic N) is 3. The van der Waals surface area contributed by atoms with Crippen molar-refractivity contribution in [1.29, 1.82) is 0 Å². The first-order valence-electron chi connectivity index (χ1n) is 7.63. The predicted octanol–water partition coefficient (Wildman–Crippen LogP) is 2.94. The molecule has 0 aliphatic heterocycles. The molecule has 0 fully saturated rings. The van der Waals surface area contributed by atoms with Gasteiger partial charge in [0.05, 0.1) is 11.1 Å². The van der Waals surface area contributed by atoms with Gasteiger partial charge in [-0.25, -0.2) is 0 Å². The highest BCUT2D eigenvalue weighted by Crippen LogP contribution is 2.32. The number of carbonyl (C=O) groups excluding carboxylic acids is 1. The van der Waals surface area contributed by atoms with E-state index < -0.39 is 17.6 Å². The third kappa shape index (κ3) is 5.02. The maximum Gasteiger partial charge on any atom is 0.417 e. The number of halogens is 3. The van der Waals surface area contributed by atoms with E-state index in [1.165, 1.54) is 24.1 Å². The Morgan fingerprint density at radius 3 is 2.72 bits per heavy atom. The second-order valence-electron chi connectivity index (χ2n) is 5.26. The topological polar surface area (TPSA) is 68.5 Å². The van der Waals surface area contributed by atoms with E-state index in [4.69, 9.17) is 9.26 Å². The highest BCUT2D eigenvalue weighted by molar-refractivity contribution is 5.95. The molecule has 0 radical (unpaired) electrons. The minimum atomic E-state index is -4.59. The molecule has 1 aromatic carbocycles. The van der Waals surface area contributed by atoms with Gasteiger partial charge in [0.25, 0.3) is 11.8 Å². The van der Waals surface area contributed by atoms with Crippen LogP contribution < -0.4 is 0 Å². The molecule has 0 bridgehead atoms. The zero-order valence-corrected chi connectivity index (χ0v) is 13.8. The molecule has 0 saturated carbocycles. The number of likely N-dealkylation sites (N-methyl/N-ethyl adjacent to an activating group) is 1. The number of aromatic nitrogens is 2. The Morgan fingerprint density at radius 2 is 2.04 bits per heavy atom. The minimum absolute atomic E-state index is 0.151. The number of hydrogen-bond acceptors (Lipinski definition) is 5. The van der Waals surface area contributed by atoms with Gasteiger partial charge >= 0.3 is 6.18 Å². The quantitative estimate of drug-likeness (QED) is 0.762. The molecule has 0 aliphatic carbocycles. The molecule has 0 spiro atoms. The molecule has 2 rings (SSSR count). The Balaban J connectivity index is 2.00. The van der Waals surface area contributed by atoms with Gasteiger partial charge in [0.15, 0.2) is 5.82 Å². The van der Waals surface area contributed by atoms with Crippen LogP contribution in [0.15, 0.2) is 28.8 Å². The summed E-state index contributed by atoms with van der Waals surface area (Å²) in [5.41, 5.74) is -1.34. The molecule has 2 aromatic rings. The SMILES string of the molecule is CCOCc1nc(CCN(C)C(=O)c2ccccc2C(F)(F)F)no1. The fourth-order valence-electron chi connectivity index (χ4n) is 2.13. The van der Waals surface area contributed by atoms with Crippen LogP contribution in [0.4, 0.5) is 13.2 Å². The number of alkyl halides is 3. The molecule has 0 saturated heterocycles. The Labute approximate surface area is 142 Å². The third-order valence-corrected chi connectivity index (χ3v) is 3.42. The summed E-state index contributed by atoms with van der Waals surface area (Å²) in [5.74, 6) is -0.0438. The number of ether oxygens (including phenoxy) is 1. The Bertz CT molecular complexity index is 716. The van der Waals surface area contributed by atoms with Crippen molar-refractivity contribution >= 4 is 5.91 Å². The van der Waals surface area contributed by atoms with Crippen LogP contribution in [-0.2, 0) is 23.9 Å². The first kappa shape index (κ1) is 18.9. The van der Waals surface area contributed by atoms with Crippen molar-refractivity contribution in [3.8, 4) is 0 Å². The molecule has 0 atom stereocenters. The number of hydrogen-bond donors (Lipinski definition) is 0. The molecular weight excluding hydrogens is 339 g/mol. The molecular formula is C16H18F3N3O3. The third-order valence-electron chi connectivity index (χ3n) is 3.42. The Morgan fingerprint density at radius 1 is 1.32 bits per heavy atom. The van der Waals surface area contributed by atoms with Gasteiger partial charge in [0, 0.05) is 26.6 Å². The molecule has 0 unspecified atom stereocenters. The number of carbonyl (C=O) groups is 1. The standard InChI is InChI=1S/C16H18F3N3O3/c1-3-24-10-14-20-13(21-25-14)8-9-22(2)15(23)11-6-4-5-7-12(11)16(17,18)19/h4-7H,3,8-10H2,1-2H3. The van der Waals surface area contributed by atoms with Crippen molar-refractivity contribution in [1.82, 2.24) is 15.0 Å². The molecule has 6 nitrogen and oxygen atoms in total. The van der Waals surface area contributed by atoms with Gasteiger partial charge in [-0.2, -0.15) is 18.2 Å². The van der Waals surface area contributed by atoms with Crippen LogP contribution >= 0.6 is 0 Å². The zero-order chi connectivity index (χ0) is 18.4. The summed E-state index contributed by atoms with van der Waals surface area (Å²) in [6, 6.07) is 4.70. The summed E-state index contributed by atoms with van der Waals surface area (Å²) >= 11 is 0. The highest BCUT2D eigenvalue weighted by atomic mass is 19.4. The van der Waals surface area contributed by atoms with E-state index in [0.717, 1.165) is 12.1 Å². The summed E-state index contributed by atoms with van der Waals surface area (Å²) in [6.07, 6.45) is -4.33. The summed E-state index contributed by atoms with van der Waals surface area (Å²) in [4.78, 5) is 17.6. The lowest BCUT2D eigenvalue weighted by molar-refractivity contribution is -0.138. The monoisotopic (exact) mass is 357 g/mol. The van der Waals surface area contributed by atoms with Crippen LogP contribution in [0.2, 0.25) is 0 Å². The van der Waals surface area contributed by atoms with Gasteiger partial charge < -0.3 is 14.2 Å². The lowest BCUT2D eigenvalue weighted by atomic mass is 10.1. The summed E-state index contributed by atoms with van der Waals surface area (Å²) in [5, 5.41) is 3.75. The second kappa shape index (κ2) is 8.11. The summed E-state index contributed by atoms with van der Waals surface area (Å²) in [6.45, 7) is 2.68. The summed E-state index contributed by atoms with van der Waals surface area (Å²) in [7, 11) is 1.43. The van der Waals surface area contributed by atoms with Crippen LogP contribution in [-0.4, -0.2) is 41.1 Å². The number of amides is 1. The lowest BCUT2D eigenvalue weighted by Crippen LogP contribution is -2.30. The van der Waals surface area contributed by atoms with E-state index in [-0.39, 0.29) is 25.1 Å². The van der Waals surface area contributed by atoms with Crippen LogP contribution in [0.25, 0.3) is 0 Å². The molecule has 0 aliphatic rings. The average molecular weight is 357 g/mol. The van der Waals surface area contributed by atoms with Crippen molar-refractivity contribution in [3.05, 3.63) is 47.1 Å². The van der Waals surface area contributed by atoms with Gasteiger partial charge in [0.2, 0.25) is 0 Å². The molecule has 136 valence electrons. The van der Waals surface area contributed by atoms with E-state index in [9.17, 15) is 18.0 Å². The van der Waals surface area contributed by atoms with Gasteiger partial charge in [-0.1, -0.05) is 17.3 Å². The van der Waals surface area contributed by atoms with Crippen molar-refractivity contribution in [2.75, 3.05) is 20.2 Å². The van der Waals surface area contributed by atoms with Crippen LogP contribution in [0.5, 0.6) is 0 Å². The normalized spacial score (nSPS) is 11.6. The molecule has 25 heavy (non-hydrogen) atoms. The first-order chi connectivity index (χ1) is 11.8. The van der Waals surface area contributed by atoms with Crippen molar-refractivity contribution < 1.29 is 27.2 Å². The largest absolute Gasteiger partial charge is 0.417 e. The van der Waals surface area contributed by atoms with E-state index in [1.807, 2.05) is 6.92 Å². The van der Waals surface area contributed by atoms with E-state index in [2.05, 4.69) is 10.1 Å². The minimum Gasteiger partial charge on any atom is -0.372 e. The van der Waals surface area contributed by atoms with Gasteiger partial charge in [-0.3, -0.25) is 4.79 Å². The van der Waals surface area contributed by atoms with Crippen molar-refractivity contribution in [2.24, 2.45) is 0 Å². The smallest absolute Gasteiger partial charge is 0.372 e. The second-order valence-corrected chi connectivity index (χ2v) is 5.26. The molecule has 1 amide bonds. The maximum atomic E-state index is 13.0. The van der Waals surface area contributed by atoms with Crippen LogP contribution in [0.3, 0.4) is 0 Å². The van der Waals surface area contributed by atoms with E-state index in [0.29, 0.717) is 18.3 Å². The fraction of sp³-hybridized carbons (Fsp3) is 0.438. The molecule has 0 N–H and O–H groups in total. The highest BCUT2D eigenvalue weighted by Gasteiger charge is 2.35. The first-order valence-corrected chi connectivity index (χ1v) is 7.63. The van der Waals surface area contributed by atoms with Crippen molar-refractivity contribution in [2.45, 2.75) is 26.1 Å². The van der Waals surface area contributed by atoms with Crippen LogP contribution in [0, 0.1) is 0 Å². The number of benzene rings is 1. The maximum absolute atomic E-state index is 13.0. The zero-order valence-electron chi connectivity index (χ0n) is 13.8. The molecule has 1 heterocycles. The number of rotatable bonds is 7. The molecule has 9 heteroatoms. The molecule has 1 aromatic heterocycles. The van der Waals surface area contributed by atoms with Gasteiger partial charge in [-0.15, -0.1) is 0 Å². The summed E-state index contributed by atoms with van der Waals surface area (Å²) < 4.78 is 49.1. The fourth-order valence-corrected chi connectivity index (χ4v) is 2.13. The van der Waals surface area contributed by atoms with E-state index >= 15 is 0 Å². The van der Waals surface area contributed by atoms with Gasteiger partial charge in [-0.05, 0) is 19.1 Å². The van der Waals surface area contributed by atoms with Gasteiger partial charge in [0.1, 0.15) is 6.61 Å². The lowest BCUT2D eigenvalue weighted by Gasteiger charge is -2.19. The Hall–Kier alpha value is -2.42. The Kier molecular flexibility index (Phi) is 6.13. The predicted molar refractivity (Wildman–Crippen MR) is 81.7 cm³/mol. The van der Waals surface area contributed by atoms with E-state index in [1.54, 1.807) is 0 Å². The van der Waals surface area contributed by atoms with Crippen LogP contribution in [0.1, 0.15) is 34.6 Å². The van der Waals surface area contributed by atoms with Crippen molar-refractivity contribution in [3.63, 3.8) is 0 Å². The average Bonchev–Trinajstić information content (AvgIpc) is 3.04.